The number of hydrogen-bond acceptors (Lipinski definition) is 4. The molecule has 0 aliphatic heterocycles. The second-order valence-electron chi connectivity index (χ2n) is 6.37. The van der Waals surface area contributed by atoms with Crippen molar-refractivity contribution in [3.8, 4) is 0 Å². The summed E-state index contributed by atoms with van der Waals surface area (Å²) in [7, 11) is 0. The lowest BCUT2D eigenvalue weighted by Gasteiger charge is -2.19. The van der Waals surface area contributed by atoms with Gasteiger partial charge in [-0.2, -0.15) is 0 Å². The van der Waals surface area contributed by atoms with Gasteiger partial charge in [-0.1, -0.05) is 53.8 Å². The number of benzene rings is 2. The number of anilines is 1. The Morgan fingerprint density at radius 3 is 2.57 bits per heavy atom. The van der Waals surface area contributed by atoms with Crippen molar-refractivity contribution >= 4 is 32.6 Å². The van der Waals surface area contributed by atoms with E-state index in [4.69, 9.17) is 0 Å². The third-order valence-electron chi connectivity index (χ3n) is 4.41. The summed E-state index contributed by atoms with van der Waals surface area (Å²) < 4.78 is 14.8. The largest absolute Gasteiger partial charge is 0.282 e. The van der Waals surface area contributed by atoms with E-state index in [9.17, 15) is 9.18 Å². The molecular weight excluding hydrogens is 373 g/mol. The first-order valence-corrected chi connectivity index (χ1v) is 9.81. The number of halogens is 1. The molecule has 4 nitrogen and oxygen atoms in total. The predicted molar refractivity (Wildman–Crippen MR) is 110 cm³/mol. The molecule has 0 radical (unpaired) electrons. The van der Waals surface area contributed by atoms with Crippen LogP contribution < -0.4 is 4.90 Å². The standard InChI is InChI=1S/C22H18FN3OS/c23-18-10-6-11-19-21(18)25-22(28-19)26(15-17-9-4-5-14-24-17)20(27)13-12-16-7-2-1-3-8-16/h1-11,14H,12-13,15H2. The molecule has 0 unspecified atom stereocenters. The predicted octanol–water partition coefficient (Wildman–Crippen LogP) is 5.00. The second-order valence-corrected chi connectivity index (χ2v) is 7.38. The van der Waals surface area contributed by atoms with Gasteiger partial charge in [0.2, 0.25) is 5.91 Å². The first-order chi connectivity index (χ1) is 13.7. The van der Waals surface area contributed by atoms with E-state index in [0.29, 0.717) is 30.0 Å². The molecule has 0 fully saturated rings. The zero-order valence-corrected chi connectivity index (χ0v) is 15.9. The van der Waals surface area contributed by atoms with Crippen LogP contribution in [0.4, 0.5) is 9.52 Å². The van der Waals surface area contributed by atoms with Gasteiger partial charge in [0.25, 0.3) is 0 Å². The Morgan fingerprint density at radius 1 is 1.00 bits per heavy atom. The summed E-state index contributed by atoms with van der Waals surface area (Å²) in [4.78, 5) is 23.4. The molecule has 0 atom stereocenters. The first-order valence-electron chi connectivity index (χ1n) is 9.00. The Kier molecular flexibility index (Phi) is 5.39. The number of fused-ring (bicyclic) bond motifs is 1. The van der Waals surface area contributed by atoms with Gasteiger partial charge in [-0.25, -0.2) is 9.37 Å². The van der Waals surface area contributed by atoms with Crippen LogP contribution in [-0.2, 0) is 17.8 Å². The molecule has 0 spiro atoms. The van der Waals surface area contributed by atoms with Crippen LogP contribution in [0.5, 0.6) is 0 Å². The quantitative estimate of drug-likeness (QED) is 0.465. The number of rotatable bonds is 6. The first kappa shape index (κ1) is 18.3. The van der Waals surface area contributed by atoms with Crippen molar-refractivity contribution in [3.63, 3.8) is 0 Å². The van der Waals surface area contributed by atoms with Gasteiger partial charge in [-0.15, -0.1) is 0 Å². The number of nitrogens with zero attached hydrogens (tertiary/aromatic N) is 3. The average Bonchev–Trinajstić information content (AvgIpc) is 3.17. The number of hydrogen-bond donors (Lipinski definition) is 0. The lowest BCUT2D eigenvalue weighted by atomic mass is 10.1. The zero-order valence-electron chi connectivity index (χ0n) is 15.1. The molecular formula is C22H18FN3OS. The molecule has 1 amide bonds. The maximum atomic E-state index is 14.1. The summed E-state index contributed by atoms with van der Waals surface area (Å²) in [6.45, 7) is 0.301. The molecule has 0 aliphatic rings. The molecule has 0 saturated heterocycles. The van der Waals surface area contributed by atoms with Gasteiger partial charge in [-0.05, 0) is 36.2 Å². The molecule has 6 heteroatoms. The van der Waals surface area contributed by atoms with Crippen molar-refractivity contribution in [2.24, 2.45) is 0 Å². The van der Waals surface area contributed by atoms with Crippen LogP contribution in [0.25, 0.3) is 10.2 Å². The molecule has 2 heterocycles. The van der Waals surface area contributed by atoms with Crippen molar-refractivity contribution < 1.29 is 9.18 Å². The highest BCUT2D eigenvalue weighted by Crippen LogP contribution is 2.31. The van der Waals surface area contributed by atoms with Gasteiger partial charge in [-0.3, -0.25) is 14.7 Å². The molecule has 4 rings (SSSR count). The molecule has 4 aromatic rings. The maximum Gasteiger partial charge on any atom is 0.229 e. The van der Waals surface area contributed by atoms with E-state index in [1.54, 1.807) is 17.2 Å². The van der Waals surface area contributed by atoms with Crippen molar-refractivity contribution in [1.82, 2.24) is 9.97 Å². The fourth-order valence-corrected chi connectivity index (χ4v) is 3.96. The number of aromatic nitrogens is 2. The minimum Gasteiger partial charge on any atom is -0.282 e. The normalized spacial score (nSPS) is 10.9. The minimum absolute atomic E-state index is 0.0611. The Hall–Kier alpha value is -3.12. The van der Waals surface area contributed by atoms with E-state index < -0.39 is 0 Å². The summed E-state index contributed by atoms with van der Waals surface area (Å²) >= 11 is 1.31. The number of pyridine rings is 1. The molecule has 0 aliphatic carbocycles. The van der Waals surface area contributed by atoms with E-state index in [-0.39, 0.29) is 11.7 Å². The van der Waals surface area contributed by atoms with Crippen LogP contribution in [0.3, 0.4) is 0 Å². The summed E-state index contributed by atoms with van der Waals surface area (Å²) in [5.74, 6) is -0.441. The second kappa shape index (κ2) is 8.27. The van der Waals surface area contributed by atoms with Crippen LogP contribution >= 0.6 is 11.3 Å². The number of aryl methyl sites for hydroxylation is 1. The van der Waals surface area contributed by atoms with Crippen molar-refractivity contribution in [1.29, 1.82) is 0 Å². The van der Waals surface area contributed by atoms with Crippen LogP contribution in [0.15, 0.2) is 72.9 Å². The number of carbonyl (C=O) groups excluding carboxylic acids is 1. The SMILES string of the molecule is O=C(CCc1ccccc1)N(Cc1ccccn1)c1nc2c(F)cccc2s1. The van der Waals surface area contributed by atoms with Gasteiger partial charge < -0.3 is 0 Å². The van der Waals surface area contributed by atoms with Crippen LogP contribution in [0.1, 0.15) is 17.7 Å². The highest BCUT2D eigenvalue weighted by atomic mass is 32.1. The maximum absolute atomic E-state index is 14.1. The molecule has 140 valence electrons. The monoisotopic (exact) mass is 391 g/mol. The lowest BCUT2D eigenvalue weighted by Crippen LogP contribution is -2.30. The average molecular weight is 391 g/mol. The smallest absolute Gasteiger partial charge is 0.229 e. The summed E-state index contributed by atoms with van der Waals surface area (Å²) in [6, 6.07) is 20.3. The Balaban J connectivity index is 1.62. The van der Waals surface area contributed by atoms with Crippen molar-refractivity contribution in [3.05, 3.63) is 90.0 Å². The van der Waals surface area contributed by atoms with E-state index >= 15 is 0 Å². The molecule has 28 heavy (non-hydrogen) atoms. The van der Waals surface area contributed by atoms with Crippen molar-refractivity contribution in [2.75, 3.05) is 4.90 Å². The summed E-state index contributed by atoms with van der Waals surface area (Å²) in [5.41, 5.74) is 2.16. The molecule has 0 bridgehead atoms. The molecule has 0 N–H and O–H groups in total. The molecule has 2 aromatic heterocycles. The Bertz CT molecular complexity index is 1080. The number of amides is 1. The number of thiazole rings is 1. The number of para-hydroxylation sites is 1. The van der Waals surface area contributed by atoms with E-state index in [1.807, 2.05) is 54.6 Å². The third-order valence-corrected chi connectivity index (χ3v) is 5.45. The van der Waals surface area contributed by atoms with Gasteiger partial charge >= 0.3 is 0 Å². The van der Waals surface area contributed by atoms with Gasteiger partial charge in [0, 0.05) is 12.6 Å². The van der Waals surface area contributed by atoms with Crippen LogP contribution in [-0.4, -0.2) is 15.9 Å². The Morgan fingerprint density at radius 2 is 1.82 bits per heavy atom. The van der Waals surface area contributed by atoms with Crippen LogP contribution in [0, 0.1) is 5.82 Å². The van der Waals surface area contributed by atoms with Gasteiger partial charge in [0.15, 0.2) is 5.13 Å². The van der Waals surface area contributed by atoms with Crippen LogP contribution in [0.2, 0.25) is 0 Å². The highest BCUT2D eigenvalue weighted by molar-refractivity contribution is 7.22. The van der Waals surface area contributed by atoms with E-state index in [2.05, 4.69) is 9.97 Å². The van der Waals surface area contributed by atoms with Crippen molar-refractivity contribution in [2.45, 2.75) is 19.4 Å². The fraction of sp³-hybridized carbons (Fsp3) is 0.136. The minimum atomic E-state index is -0.380. The van der Waals surface area contributed by atoms with E-state index in [0.717, 1.165) is 16.0 Å². The van der Waals surface area contributed by atoms with E-state index in [1.165, 1.54) is 17.4 Å². The lowest BCUT2D eigenvalue weighted by molar-refractivity contribution is -0.118. The fourth-order valence-electron chi connectivity index (χ4n) is 2.97. The zero-order chi connectivity index (χ0) is 19.3. The summed E-state index contributed by atoms with van der Waals surface area (Å²) in [6.07, 6.45) is 2.67. The molecule has 0 saturated carbocycles. The third kappa shape index (κ3) is 4.07. The van der Waals surface area contributed by atoms with Gasteiger partial charge in [0.05, 0.1) is 16.9 Å². The Labute approximate surface area is 166 Å². The highest BCUT2D eigenvalue weighted by Gasteiger charge is 2.21. The molecule has 2 aromatic carbocycles. The topological polar surface area (TPSA) is 46.1 Å². The number of carbonyl (C=O) groups is 1. The summed E-state index contributed by atoms with van der Waals surface area (Å²) in [5, 5.41) is 0.490. The van der Waals surface area contributed by atoms with Gasteiger partial charge in [0.1, 0.15) is 11.3 Å².